The Morgan fingerprint density at radius 3 is 2.84 bits per heavy atom. The summed E-state index contributed by atoms with van der Waals surface area (Å²) >= 11 is 1.22. The number of anilines is 1. The van der Waals surface area contributed by atoms with Crippen LogP contribution < -0.4 is 11.1 Å². The van der Waals surface area contributed by atoms with E-state index in [1.807, 2.05) is 0 Å². The smallest absolute Gasteiger partial charge is 0.355 e. The van der Waals surface area contributed by atoms with Gasteiger partial charge >= 0.3 is 5.97 Å². The van der Waals surface area contributed by atoms with Gasteiger partial charge in [0.2, 0.25) is 11.5 Å². The van der Waals surface area contributed by atoms with E-state index in [4.69, 9.17) is 10.8 Å². The molecular weight excluding hydrogens is 274 g/mol. The van der Waals surface area contributed by atoms with Gasteiger partial charge in [-0.25, -0.2) is 14.4 Å². The molecule has 2 aromatic rings. The second-order valence-electron chi connectivity index (χ2n) is 3.44. The fourth-order valence-corrected chi connectivity index (χ4v) is 2.02. The van der Waals surface area contributed by atoms with Gasteiger partial charge in [-0.15, -0.1) is 11.3 Å². The number of aromatic nitrogens is 3. The van der Waals surface area contributed by atoms with Crippen LogP contribution >= 0.6 is 11.3 Å². The normalized spacial score (nSPS) is 10.3. The molecule has 19 heavy (non-hydrogen) atoms. The summed E-state index contributed by atoms with van der Waals surface area (Å²) in [7, 11) is 0. The zero-order valence-corrected chi connectivity index (χ0v) is 10.3. The number of carbonyl (C=O) groups is 2. The Kier molecular flexibility index (Phi) is 3.71. The number of nitrogen functional groups attached to an aromatic ring is 1. The van der Waals surface area contributed by atoms with Crippen LogP contribution in [-0.4, -0.2) is 38.8 Å². The maximum Gasteiger partial charge on any atom is 0.355 e. The number of nitrogens with one attached hydrogen (secondary N) is 1. The van der Waals surface area contributed by atoms with Crippen molar-refractivity contribution in [2.45, 2.75) is 6.42 Å². The van der Waals surface area contributed by atoms with Crippen molar-refractivity contribution in [3.8, 4) is 0 Å². The van der Waals surface area contributed by atoms with Crippen LogP contribution in [0.1, 0.15) is 26.0 Å². The maximum absolute atomic E-state index is 11.6. The largest absolute Gasteiger partial charge is 0.476 e. The SMILES string of the molecule is Nc1nonc1C(=O)NCCc1nc(C(=O)O)cs1. The Hall–Kier alpha value is -2.49. The van der Waals surface area contributed by atoms with Crippen LogP contribution in [0.5, 0.6) is 0 Å². The Morgan fingerprint density at radius 1 is 1.47 bits per heavy atom. The van der Waals surface area contributed by atoms with Crippen LogP contribution in [0, 0.1) is 0 Å². The van der Waals surface area contributed by atoms with Crippen molar-refractivity contribution in [2.24, 2.45) is 0 Å². The molecule has 9 nitrogen and oxygen atoms in total. The third kappa shape index (κ3) is 3.04. The maximum atomic E-state index is 11.6. The lowest BCUT2D eigenvalue weighted by Gasteiger charge is -2.00. The molecule has 0 fully saturated rings. The zero-order valence-electron chi connectivity index (χ0n) is 9.49. The molecule has 0 aromatic carbocycles. The minimum absolute atomic E-state index is 0.00345. The topological polar surface area (TPSA) is 144 Å². The third-order valence-corrected chi connectivity index (χ3v) is 3.03. The Balaban J connectivity index is 1.85. The molecule has 0 atom stereocenters. The minimum atomic E-state index is -1.08. The quantitative estimate of drug-likeness (QED) is 0.682. The Bertz CT molecular complexity index is 607. The molecule has 2 rings (SSSR count). The van der Waals surface area contributed by atoms with Crippen LogP contribution in [0.4, 0.5) is 5.82 Å². The molecule has 4 N–H and O–H groups in total. The predicted molar refractivity (Wildman–Crippen MR) is 63.8 cm³/mol. The molecule has 0 unspecified atom stereocenters. The van der Waals surface area contributed by atoms with E-state index in [1.165, 1.54) is 16.7 Å². The summed E-state index contributed by atoms with van der Waals surface area (Å²) in [4.78, 5) is 26.1. The van der Waals surface area contributed by atoms with Gasteiger partial charge in [-0.05, 0) is 10.3 Å². The second kappa shape index (κ2) is 5.44. The number of carbonyl (C=O) groups excluding carboxylic acids is 1. The lowest BCUT2D eigenvalue weighted by Crippen LogP contribution is -2.26. The molecule has 10 heteroatoms. The molecule has 0 bridgehead atoms. The Morgan fingerprint density at radius 2 is 2.26 bits per heavy atom. The van der Waals surface area contributed by atoms with Gasteiger partial charge in [-0.2, -0.15) is 0 Å². The van der Waals surface area contributed by atoms with Gasteiger partial charge in [0.15, 0.2) is 5.69 Å². The van der Waals surface area contributed by atoms with Crippen LogP contribution in [0.25, 0.3) is 0 Å². The van der Waals surface area contributed by atoms with E-state index in [0.29, 0.717) is 11.4 Å². The summed E-state index contributed by atoms with van der Waals surface area (Å²) in [6.07, 6.45) is 0.412. The minimum Gasteiger partial charge on any atom is -0.476 e. The van der Waals surface area contributed by atoms with Crippen molar-refractivity contribution in [1.29, 1.82) is 0 Å². The van der Waals surface area contributed by atoms with Crippen molar-refractivity contribution >= 4 is 29.0 Å². The van der Waals surface area contributed by atoms with Crippen molar-refractivity contribution in [1.82, 2.24) is 20.6 Å². The highest BCUT2D eigenvalue weighted by Gasteiger charge is 2.15. The van der Waals surface area contributed by atoms with Crippen molar-refractivity contribution in [3.05, 3.63) is 21.8 Å². The number of hydrogen-bond acceptors (Lipinski definition) is 8. The van der Waals surface area contributed by atoms with Crippen molar-refractivity contribution in [2.75, 3.05) is 12.3 Å². The summed E-state index contributed by atoms with van der Waals surface area (Å²) in [5.74, 6) is -1.67. The molecule has 0 aliphatic rings. The van der Waals surface area contributed by atoms with E-state index in [0.717, 1.165) is 0 Å². The van der Waals surface area contributed by atoms with Gasteiger partial charge in [-0.1, -0.05) is 0 Å². The number of nitrogens with two attached hydrogens (primary N) is 1. The summed E-state index contributed by atoms with van der Waals surface area (Å²) in [6.45, 7) is 0.276. The first kappa shape index (κ1) is 13.0. The standard InChI is InChI=1S/C9H9N5O4S/c10-7-6(13-18-14-7)8(15)11-2-1-5-12-4(3-19-5)9(16)17/h3H,1-2H2,(H2,10,14)(H,11,15)(H,16,17). The first-order valence-electron chi connectivity index (χ1n) is 5.12. The second-order valence-corrected chi connectivity index (χ2v) is 4.38. The van der Waals surface area contributed by atoms with Crippen LogP contribution in [0.15, 0.2) is 10.0 Å². The molecule has 2 heterocycles. The molecule has 2 aromatic heterocycles. The molecule has 0 radical (unpaired) electrons. The fourth-order valence-electron chi connectivity index (χ4n) is 1.24. The molecule has 0 saturated heterocycles. The third-order valence-electron chi connectivity index (χ3n) is 2.12. The monoisotopic (exact) mass is 283 g/mol. The van der Waals surface area contributed by atoms with Crippen molar-refractivity contribution in [3.63, 3.8) is 0 Å². The lowest BCUT2D eigenvalue weighted by atomic mass is 10.3. The average molecular weight is 283 g/mol. The van der Waals surface area contributed by atoms with E-state index in [-0.39, 0.29) is 23.8 Å². The van der Waals surface area contributed by atoms with Gasteiger partial charge in [0.25, 0.3) is 5.91 Å². The van der Waals surface area contributed by atoms with E-state index in [1.54, 1.807) is 0 Å². The van der Waals surface area contributed by atoms with Gasteiger partial charge in [0.1, 0.15) is 0 Å². The van der Waals surface area contributed by atoms with E-state index < -0.39 is 11.9 Å². The van der Waals surface area contributed by atoms with Gasteiger partial charge < -0.3 is 16.2 Å². The first-order valence-corrected chi connectivity index (χ1v) is 6.00. The highest BCUT2D eigenvalue weighted by molar-refractivity contribution is 7.09. The number of carboxylic acids is 1. The molecule has 0 aliphatic heterocycles. The first-order chi connectivity index (χ1) is 9.08. The molecule has 0 aliphatic carbocycles. The lowest BCUT2D eigenvalue weighted by molar-refractivity contribution is 0.0690. The molecular formula is C9H9N5O4S. The molecule has 0 spiro atoms. The Labute approximate surface area is 110 Å². The highest BCUT2D eigenvalue weighted by Crippen LogP contribution is 2.10. The fraction of sp³-hybridized carbons (Fsp3) is 0.222. The number of nitrogens with zero attached hydrogens (tertiary/aromatic N) is 3. The number of thiazole rings is 1. The van der Waals surface area contributed by atoms with E-state index in [2.05, 4.69) is 25.2 Å². The van der Waals surface area contributed by atoms with E-state index >= 15 is 0 Å². The molecule has 1 amide bonds. The van der Waals surface area contributed by atoms with Crippen LogP contribution in [-0.2, 0) is 6.42 Å². The van der Waals surface area contributed by atoms with Gasteiger partial charge in [0.05, 0.1) is 5.01 Å². The average Bonchev–Trinajstić information content (AvgIpc) is 2.97. The highest BCUT2D eigenvalue weighted by atomic mass is 32.1. The van der Waals surface area contributed by atoms with Gasteiger partial charge in [0, 0.05) is 18.3 Å². The van der Waals surface area contributed by atoms with Crippen LogP contribution in [0.2, 0.25) is 0 Å². The number of aromatic carboxylic acids is 1. The number of carboxylic acid groups (broad SMARTS) is 1. The summed E-state index contributed by atoms with van der Waals surface area (Å²) in [5.41, 5.74) is 5.28. The summed E-state index contributed by atoms with van der Waals surface area (Å²) in [6, 6.07) is 0. The number of amides is 1. The molecule has 0 saturated carbocycles. The number of hydrogen-bond donors (Lipinski definition) is 3. The number of rotatable bonds is 5. The van der Waals surface area contributed by atoms with Crippen LogP contribution in [0.3, 0.4) is 0 Å². The van der Waals surface area contributed by atoms with Gasteiger partial charge in [-0.3, -0.25) is 4.79 Å². The van der Waals surface area contributed by atoms with E-state index in [9.17, 15) is 9.59 Å². The zero-order chi connectivity index (χ0) is 13.8. The summed E-state index contributed by atoms with van der Waals surface area (Å²) < 4.78 is 4.30. The molecule has 100 valence electrons. The van der Waals surface area contributed by atoms with Crippen molar-refractivity contribution < 1.29 is 19.3 Å². The predicted octanol–water partition coefficient (Wildman–Crippen LogP) is -0.221. The summed E-state index contributed by atoms with van der Waals surface area (Å²) in [5, 5.41) is 19.9.